The van der Waals surface area contributed by atoms with Gasteiger partial charge < -0.3 is 0 Å². The van der Waals surface area contributed by atoms with Crippen LogP contribution in [0.4, 0.5) is 26.3 Å². The third-order valence-electron chi connectivity index (χ3n) is 4.59. The molecule has 0 bridgehead atoms. The number of benzene rings is 1. The molecule has 0 N–H and O–H groups in total. The summed E-state index contributed by atoms with van der Waals surface area (Å²) in [5.74, 6) is -6.75. The molecule has 19 heteroatoms. The first-order valence-corrected chi connectivity index (χ1v) is 16.5. The van der Waals surface area contributed by atoms with E-state index in [2.05, 4.69) is 14.8 Å². The van der Waals surface area contributed by atoms with Gasteiger partial charge in [-0.1, -0.05) is 28.7 Å². The third-order valence-corrected chi connectivity index (χ3v) is 9.79. The van der Waals surface area contributed by atoms with Crippen LogP contribution in [0.1, 0.15) is 5.56 Å². The molecular weight excluding hydrogens is 598 g/mol. The van der Waals surface area contributed by atoms with Crippen LogP contribution in [0, 0.1) is 16.8 Å². The number of hydrogen-bond acceptors (Lipinski definition) is 8. The van der Waals surface area contributed by atoms with Gasteiger partial charge in [0.2, 0.25) is 4.94 Å². The highest BCUT2D eigenvalue weighted by atomic mass is 32.2. The van der Waals surface area contributed by atoms with Gasteiger partial charge in [-0.25, -0.2) is 4.18 Å². The Bertz CT molecular complexity index is 1730. The summed E-state index contributed by atoms with van der Waals surface area (Å²) >= 11 is 0. The molecule has 1 aromatic carbocycles. The highest BCUT2D eigenvalue weighted by Crippen LogP contribution is 2.50. The van der Waals surface area contributed by atoms with Gasteiger partial charge >= 0.3 is 38.5 Å². The van der Waals surface area contributed by atoms with Crippen LogP contribution >= 0.6 is 14.7 Å². The van der Waals surface area contributed by atoms with Crippen LogP contribution in [-0.4, -0.2) is 65.1 Å². The van der Waals surface area contributed by atoms with Crippen molar-refractivity contribution in [3.8, 4) is 0 Å². The van der Waals surface area contributed by atoms with Crippen LogP contribution in [0.3, 0.4) is 0 Å². The van der Waals surface area contributed by atoms with Crippen molar-refractivity contribution in [1.82, 2.24) is 4.73 Å². The normalized spacial score (nSPS) is 15.7. The number of aromatic nitrogens is 1. The summed E-state index contributed by atoms with van der Waals surface area (Å²) in [4.78, 5) is 23.1. The first-order valence-electron chi connectivity index (χ1n) is 9.46. The predicted molar refractivity (Wildman–Crippen MR) is 124 cm³/mol. The van der Waals surface area contributed by atoms with Crippen LogP contribution in [0.25, 0.3) is 0 Å². The Hall–Kier alpha value is -2.19. The molecule has 1 aromatic heterocycles. The molecule has 2 atom stereocenters. The maximum absolute atomic E-state index is 15.0. The van der Waals surface area contributed by atoms with Gasteiger partial charge in [-0.05, 0) is 25.7 Å². The molecule has 0 saturated heterocycles. The molecule has 37 heavy (non-hydrogen) atoms. The average molecular weight is 616 g/mol. The Morgan fingerprint density at radius 2 is 1.43 bits per heavy atom. The summed E-state index contributed by atoms with van der Waals surface area (Å²) in [6.07, 6.45) is -3.46. The fourth-order valence-electron chi connectivity index (χ4n) is 2.77. The first-order chi connectivity index (χ1) is 16.5. The van der Waals surface area contributed by atoms with Crippen molar-refractivity contribution in [2.45, 2.75) is 29.1 Å². The monoisotopic (exact) mass is 616 g/mol. The van der Waals surface area contributed by atoms with Crippen LogP contribution in [0.2, 0.25) is 0 Å². The molecule has 0 radical (unpaired) electrons. The lowest BCUT2D eigenvalue weighted by molar-refractivity contribution is -0.351. The maximum Gasteiger partial charge on any atom is 0.457 e. The molecular formula is C18H18F6NO8P2S2+. The SMILES string of the molecule is C=P(C)=c1c(=[P+](C)C)c(=O)n(OS(=O)(=O)C(F)(F)C(F)(OS(=O)(=O)c2ccc(C)cc2)C(F)(F)F)c1=O. The number of alkyl halides is 6. The topological polar surface area (TPSA) is 126 Å². The van der Waals surface area contributed by atoms with Gasteiger partial charge in [0.1, 0.15) is 12.5 Å². The van der Waals surface area contributed by atoms with E-state index in [9.17, 15) is 52.8 Å². The molecule has 0 saturated carbocycles. The molecule has 0 amide bonds. The third kappa shape index (κ3) is 5.37. The largest absolute Gasteiger partial charge is 0.457 e. The van der Waals surface area contributed by atoms with Crippen LogP contribution in [0.5, 0.6) is 0 Å². The molecule has 2 unspecified atom stereocenters. The zero-order valence-electron chi connectivity index (χ0n) is 19.2. The molecule has 0 fully saturated rings. The van der Waals surface area contributed by atoms with Crippen molar-refractivity contribution in [2.75, 3.05) is 20.0 Å². The second kappa shape index (κ2) is 9.84. The van der Waals surface area contributed by atoms with Gasteiger partial charge in [-0.15, -0.1) is 7.17 Å². The number of nitrogens with zero attached hydrogens (tertiary/aromatic N) is 1. The maximum atomic E-state index is 15.0. The Morgan fingerprint density at radius 3 is 1.81 bits per heavy atom. The van der Waals surface area contributed by atoms with Crippen molar-refractivity contribution >= 4 is 41.2 Å². The molecule has 0 aliphatic heterocycles. The molecule has 1 heterocycles. The second-order valence-corrected chi connectivity index (χ2v) is 14.9. The number of aryl methyl sites for hydroxylation is 1. The van der Waals surface area contributed by atoms with E-state index in [-0.39, 0.29) is 4.94 Å². The van der Waals surface area contributed by atoms with E-state index in [4.69, 9.17) is 0 Å². The Balaban J connectivity index is 2.78. The lowest BCUT2D eigenvalue weighted by Gasteiger charge is -2.32. The molecule has 206 valence electrons. The van der Waals surface area contributed by atoms with Crippen molar-refractivity contribution in [3.63, 3.8) is 0 Å². The quantitative estimate of drug-likeness (QED) is 0.264. The van der Waals surface area contributed by atoms with Gasteiger partial charge in [0.15, 0.2) is 0 Å². The van der Waals surface area contributed by atoms with E-state index in [0.717, 1.165) is 12.1 Å². The minimum absolute atomic E-state index is 0.345. The molecule has 0 aliphatic rings. The summed E-state index contributed by atoms with van der Waals surface area (Å²) in [6, 6.07) is 3.21. The van der Waals surface area contributed by atoms with E-state index in [1.807, 2.05) is 0 Å². The zero-order valence-corrected chi connectivity index (χ0v) is 22.6. The van der Waals surface area contributed by atoms with Gasteiger partial charge in [0, 0.05) is 0 Å². The molecule has 0 aliphatic carbocycles. The van der Waals surface area contributed by atoms with E-state index < -0.39 is 77.9 Å². The summed E-state index contributed by atoms with van der Waals surface area (Å²) in [7, 11) is -16.5. The number of rotatable bonds is 7. The van der Waals surface area contributed by atoms with Crippen LogP contribution in [0.15, 0.2) is 38.8 Å². The van der Waals surface area contributed by atoms with Crippen molar-refractivity contribution in [2.24, 2.45) is 0 Å². The van der Waals surface area contributed by atoms with E-state index in [1.165, 1.54) is 26.9 Å². The molecule has 2 aromatic rings. The lowest BCUT2D eigenvalue weighted by Crippen LogP contribution is -2.63. The van der Waals surface area contributed by atoms with E-state index >= 15 is 0 Å². The van der Waals surface area contributed by atoms with Gasteiger partial charge in [0.25, 0.3) is 10.1 Å². The Morgan fingerprint density at radius 1 is 0.946 bits per heavy atom. The van der Waals surface area contributed by atoms with Gasteiger partial charge in [-0.3, -0.25) is 13.9 Å². The smallest absolute Gasteiger partial charge is 0.276 e. The van der Waals surface area contributed by atoms with E-state index in [0.29, 0.717) is 17.7 Å². The number of halogens is 6. The molecule has 0 spiro atoms. The van der Waals surface area contributed by atoms with Crippen LogP contribution in [-0.2, 0) is 24.4 Å². The summed E-state index contributed by atoms with van der Waals surface area (Å²) < 4.78 is 140. The fourth-order valence-corrected chi connectivity index (χ4v) is 7.78. The average Bonchev–Trinajstić information content (AvgIpc) is 2.97. The van der Waals surface area contributed by atoms with Crippen molar-refractivity contribution < 1.29 is 51.6 Å². The lowest BCUT2D eigenvalue weighted by atomic mass is 10.2. The minimum Gasteiger partial charge on any atom is -0.276 e. The van der Waals surface area contributed by atoms with E-state index in [1.54, 1.807) is 0 Å². The molecule has 2 rings (SSSR count). The van der Waals surface area contributed by atoms with Crippen molar-refractivity contribution in [3.05, 3.63) is 60.4 Å². The highest BCUT2D eigenvalue weighted by Gasteiger charge is 2.82. The standard InChI is InChI=1S/C18H18F6NO8P2S2/c1-10-6-8-11(9-7-10)36(28,29)32-16(19,17(20,21)22)18(23,24)37(30,31)33-25-14(26)12(34(2)3)13(15(25)27)35(4)5/h6-9H,2H2,1,3-5H3/q+1. The fraction of sp³-hybridized carbons (Fsp3) is 0.389. The summed E-state index contributed by atoms with van der Waals surface area (Å²) in [5.41, 5.74) is -2.82. The summed E-state index contributed by atoms with van der Waals surface area (Å²) in [5, 5.41) is -6.86. The van der Waals surface area contributed by atoms with Crippen molar-refractivity contribution in [1.29, 1.82) is 0 Å². The highest BCUT2D eigenvalue weighted by molar-refractivity contribution is 7.88. The summed E-state index contributed by atoms with van der Waals surface area (Å²) in [6.45, 7) is 5.60. The molecule has 9 nitrogen and oxygen atoms in total. The minimum atomic E-state index is -7.28. The Kier molecular flexibility index (Phi) is 8.25. The zero-order chi connectivity index (χ0) is 28.9. The predicted octanol–water partition coefficient (Wildman–Crippen LogP) is 2.73. The Labute approximate surface area is 207 Å². The van der Waals surface area contributed by atoms with Gasteiger partial charge in [-0.2, -0.15) is 43.2 Å². The van der Waals surface area contributed by atoms with Crippen LogP contribution < -0.4 is 15.4 Å². The second-order valence-electron chi connectivity index (χ2n) is 7.68. The first kappa shape index (κ1) is 31.0. The number of hydrogen-bond donors (Lipinski definition) is 0. The van der Waals surface area contributed by atoms with Gasteiger partial charge in [0.05, 0.1) is 18.2 Å².